The van der Waals surface area contributed by atoms with Crippen molar-refractivity contribution in [2.24, 2.45) is 0 Å². The zero-order valence-corrected chi connectivity index (χ0v) is 10.3. The molecule has 1 rings (SSSR count). The van der Waals surface area contributed by atoms with Gasteiger partial charge in [-0.2, -0.15) is 13.2 Å². The van der Waals surface area contributed by atoms with Gasteiger partial charge in [0.25, 0.3) is 0 Å². The summed E-state index contributed by atoms with van der Waals surface area (Å²) in [7, 11) is 0. The van der Waals surface area contributed by atoms with E-state index in [2.05, 4.69) is 0 Å². The van der Waals surface area contributed by atoms with Gasteiger partial charge in [-0.15, -0.1) is 0 Å². The van der Waals surface area contributed by atoms with Gasteiger partial charge in [0, 0.05) is 11.4 Å². The highest BCUT2D eigenvalue weighted by Gasteiger charge is 2.26. The molecule has 1 aromatic rings. The fourth-order valence-corrected chi connectivity index (χ4v) is 1.47. The van der Waals surface area contributed by atoms with E-state index in [1.807, 2.05) is 0 Å². The van der Waals surface area contributed by atoms with E-state index in [4.69, 9.17) is 16.3 Å². The Morgan fingerprint density at radius 2 is 1.83 bits per heavy atom. The van der Waals surface area contributed by atoms with Crippen molar-refractivity contribution >= 4 is 11.6 Å². The maximum atomic E-state index is 11.9. The second-order valence-electron chi connectivity index (χ2n) is 3.93. The summed E-state index contributed by atoms with van der Waals surface area (Å²) in [6.45, 7) is -0.0283. The van der Waals surface area contributed by atoms with Crippen molar-refractivity contribution in [2.75, 3.05) is 6.61 Å². The molecule has 0 radical (unpaired) electrons. The summed E-state index contributed by atoms with van der Waals surface area (Å²) < 4.78 is 40.8. The molecule has 0 spiro atoms. The minimum atomic E-state index is -4.17. The molecule has 1 aromatic carbocycles. The number of alkyl halides is 3. The highest BCUT2D eigenvalue weighted by atomic mass is 35.5. The fraction of sp³-hybridized carbons (Fsp3) is 0.500. The molecule has 0 heterocycles. The third-order valence-electron chi connectivity index (χ3n) is 2.25. The van der Waals surface area contributed by atoms with Gasteiger partial charge in [-0.3, -0.25) is 0 Å². The fourth-order valence-electron chi connectivity index (χ4n) is 1.34. The van der Waals surface area contributed by atoms with Crippen LogP contribution in [0.3, 0.4) is 0 Å². The van der Waals surface area contributed by atoms with E-state index in [-0.39, 0.29) is 19.4 Å². The van der Waals surface area contributed by atoms with E-state index in [1.165, 1.54) is 0 Å². The monoisotopic (exact) mass is 282 g/mol. The van der Waals surface area contributed by atoms with Crippen LogP contribution in [0.15, 0.2) is 24.3 Å². The number of aliphatic hydroxyl groups excluding tert-OH is 1. The maximum Gasteiger partial charge on any atom is 0.389 e. The van der Waals surface area contributed by atoms with Gasteiger partial charge in [-0.25, -0.2) is 0 Å². The molecule has 1 unspecified atom stereocenters. The lowest BCUT2D eigenvalue weighted by atomic mass is 10.1. The Kier molecular flexibility index (Phi) is 5.75. The molecule has 18 heavy (non-hydrogen) atoms. The summed E-state index contributed by atoms with van der Waals surface area (Å²) in [5.74, 6) is 0.522. The van der Waals surface area contributed by atoms with E-state index in [1.54, 1.807) is 24.3 Å². The molecule has 0 bridgehead atoms. The molecule has 0 aliphatic heterocycles. The first kappa shape index (κ1) is 15.1. The quantitative estimate of drug-likeness (QED) is 0.860. The predicted octanol–water partition coefficient (Wildman–Crippen LogP) is 3.81. The highest BCUT2D eigenvalue weighted by Crippen LogP contribution is 2.23. The molecule has 0 amide bonds. The van der Waals surface area contributed by atoms with Gasteiger partial charge in [0.2, 0.25) is 0 Å². The van der Waals surface area contributed by atoms with Crippen molar-refractivity contribution < 1.29 is 23.0 Å². The van der Waals surface area contributed by atoms with E-state index in [9.17, 15) is 18.3 Å². The first-order valence-electron chi connectivity index (χ1n) is 5.50. The summed E-state index contributed by atoms with van der Waals surface area (Å²) in [5, 5.41) is 10.0. The first-order chi connectivity index (χ1) is 8.37. The van der Waals surface area contributed by atoms with Crippen LogP contribution in [0, 0.1) is 0 Å². The maximum absolute atomic E-state index is 11.9. The van der Waals surface area contributed by atoms with E-state index < -0.39 is 18.7 Å². The number of aliphatic hydroxyl groups is 1. The molecule has 102 valence electrons. The number of hydrogen-bond acceptors (Lipinski definition) is 2. The summed E-state index contributed by atoms with van der Waals surface area (Å²) >= 11 is 5.67. The van der Waals surface area contributed by atoms with Crippen molar-refractivity contribution in [2.45, 2.75) is 31.5 Å². The van der Waals surface area contributed by atoms with Crippen LogP contribution in [-0.4, -0.2) is 24.0 Å². The molecule has 0 aliphatic rings. The van der Waals surface area contributed by atoms with Crippen LogP contribution >= 0.6 is 11.6 Å². The van der Waals surface area contributed by atoms with Crippen LogP contribution in [0.1, 0.15) is 19.3 Å². The van der Waals surface area contributed by atoms with Crippen molar-refractivity contribution in [1.82, 2.24) is 0 Å². The van der Waals surface area contributed by atoms with Gasteiger partial charge in [-0.05, 0) is 37.1 Å². The number of hydrogen-bond donors (Lipinski definition) is 1. The van der Waals surface area contributed by atoms with E-state index in [0.717, 1.165) is 0 Å². The van der Waals surface area contributed by atoms with Crippen molar-refractivity contribution in [3.63, 3.8) is 0 Å². The Balaban J connectivity index is 2.21. The van der Waals surface area contributed by atoms with Gasteiger partial charge < -0.3 is 9.84 Å². The predicted molar refractivity (Wildman–Crippen MR) is 62.9 cm³/mol. The zero-order chi connectivity index (χ0) is 13.6. The lowest BCUT2D eigenvalue weighted by molar-refractivity contribution is -0.136. The molecule has 0 saturated heterocycles. The highest BCUT2D eigenvalue weighted by molar-refractivity contribution is 6.30. The minimum Gasteiger partial charge on any atom is -0.491 e. The lowest BCUT2D eigenvalue weighted by Gasteiger charge is -2.13. The minimum absolute atomic E-state index is 0.0283. The molecular weight excluding hydrogens is 269 g/mol. The molecule has 0 aliphatic carbocycles. The SMILES string of the molecule is OC(CCCC(F)(F)F)COc1ccc(Cl)cc1. The standard InChI is InChI=1S/C12H14ClF3O2/c13-9-3-5-11(6-4-9)18-8-10(17)2-1-7-12(14,15)16/h3-6,10,17H,1-2,7-8H2. The van der Waals surface area contributed by atoms with Gasteiger partial charge in [0.15, 0.2) is 0 Å². The number of rotatable bonds is 6. The Hall–Kier alpha value is -0.940. The molecule has 2 nitrogen and oxygen atoms in total. The van der Waals surface area contributed by atoms with Gasteiger partial charge in [0.1, 0.15) is 12.4 Å². The van der Waals surface area contributed by atoms with Crippen molar-refractivity contribution in [3.05, 3.63) is 29.3 Å². The molecule has 1 atom stereocenters. The second-order valence-corrected chi connectivity index (χ2v) is 4.36. The van der Waals surface area contributed by atoms with Gasteiger partial charge in [0.05, 0.1) is 6.10 Å². The zero-order valence-electron chi connectivity index (χ0n) is 9.58. The van der Waals surface area contributed by atoms with Crippen LogP contribution in [0.25, 0.3) is 0 Å². The van der Waals surface area contributed by atoms with E-state index in [0.29, 0.717) is 10.8 Å². The Morgan fingerprint density at radius 3 is 2.39 bits per heavy atom. The van der Waals surface area contributed by atoms with E-state index >= 15 is 0 Å². The number of benzene rings is 1. The Morgan fingerprint density at radius 1 is 1.22 bits per heavy atom. The molecular formula is C12H14ClF3O2. The first-order valence-corrected chi connectivity index (χ1v) is 5.88. The van der Waals surface area contributed by atoms with Crippen LogP contribution in [-0.2, 0) is 0 Å². The smallest absolute Gasteiger partial charge is 0.389 e. The number of halogens is 4. The largest absolute Gasteiger partial charge is 0.491 e. The van der Waals surface area contributed by atoms with Crippen LogP contribution in [0.4, 0.5) is 13.2 Å². The Bertz CT molecular complexity index is 351. The van der Waals surface area contributed by atoms with Gasteiger partial charge in [-0.1, -0.05) is 11.6 Å². The number of ether oxygens (including phenoxy) is 1. The Labute approximate surface area is 108 Å². The van der Waals surface area contributed by atoms with Gasteiger partial charge >= 0.3 is 6.18 Å². The summed E-state index contributed by atoms with van der Waals surface area (Å²) in [4.78, 5) is 0. The third-order valence-corrected chi connectivity index (χ3v) is 2.51. The average Bonchev–Trinajstić information content (AvgIpc) is 2.26. The molecule has 0 saturated carbocycles. The summed E-state index contributed by atoms with van der Waals surface area (Å²) in [6, 6.07) is 6.52. The molecule has 6 heteroatoms. The normalized spacial score (nSPS) is 13.4. The average molecular weight is 283 g/mol. The molecule has 0 fully saturated rings. The summed E-state index contributed by atoms with van der Waals surface area (Å²) in [5.41, 5.74) is 0. The topological polar surface area (TPSA) is 29.5 Å². The van der Waals surface area contributed by atoms with Crippen LogP contribution in [0.5, 0.6) is 5.75 Å². The van der Waals surface area contributed by atoms with Crippen molar-refractivity contribution in [3.8, 4) is 5.75 Å². The van der Waals surface area contributed by atoms with Crippen LogP contribution < -0.4 is 4.74 Å². The third kappa shape index (κ3) is 6.71. The second kappa shape index (κ2) is 6.85. The molecule has 0 aromatic heterocycles. The van der Waals surface area contributed by atoms with Crippen LogP contribution in [0.2, 0.25) is 5.02 Å². The summed E-state index contributed by atoms with van der Waals surface area (Å²) in [6.07, 6.45) is -5.99. The molecule has 1 N–H and O–H groups in total. The van der Waals surface area contributed by atoms with Crippen molar-refractivity contribution in [1.29, 1.82) is 0 Å². The lowest BCUT2D eigenvalue weighted by Crippen LogP contribution is -2.18.